The van der Waals surface area contributed by atoms with E-state index in [2.05, 4.69) is 4.98 Å². The SMILES string of the molecule is CCCCN(C)S(=O)(=O)c1ccc(C(=O)N(Cc2ccccn2)c2nc3c(C)ccc(Cl)c3s2)cc1. The maximum Gasteiger partial charge on any atom is 0.260 e. The Morgan fingerprint density at radius 2 is 1.83 bits per heavy atom. The van der Waals surface area contributed by atoms with Crippen molar-refractivity contribution in [3.8, 4) is 0 Å². The number of pyridine rings is 1. The molecule has 188 valence electrons. The van der Waals surface area contributed by atoms with Crippen molar-refractivity contribution in [3.05, 3.63) is 82.6 Å². The fraction of sp³-hybridized carbons (Fsp3) is 0.269. The van der Waals surface area contributed by atoms with Crippen LogP contribution >= 0.6 is 22.9 Å². The van der Waals surface area contributed by atoms with E-state index in [-0.39, 0.29) is 17.3 Å². The number of halogens is 1. The smallest absolute Gasteiger partial charge is 0.260 e. The zero-order valence-corrected chi connectivity index (χ0v) is 22.7. The quantitative estimate of drug-likeness (QED) is 0.262. The number of hydrogen-bond acceptors (Lipinski definition) is 6. The number of amides is 1. The Bertz CT molecular complexity index is 1430. The van der Waals surface area contributed by atoms with Crippen LogP contribution < -0.4 is 4.90 Å². The van der Waals surface area contributed by atoms with Gasteiger partial charge in [-0.2, -0.15) is 0 Å². The Morgan fingerprint density at radius 3 is 2.47 bits per heavy atom. The van der Waals surface area contributed by atoms with E-state index < -0.39 is 10.0 Å². The average Bonchev–Trinajstić information content (AvgIpc) is 3.35. The first-order chi connectivity index (χ1) is 17.2. The summed E-state index contributed by atoms with van der Waals surface area (Å²) >= 11 is 7.75. The molecule has 0 saturated carbocycles. The minimum absolute atomic E-state index is 0.149. The number of hydrogen-bond donors (Lipinski definition) is 0. The zero-order chi connectivity index (χ0) is 25.9. The van der Waals surface area contributed by atoms with Gasteiger partial charge in [-0.25, -0.2) is 17.7 Å². The van der Waals surface area contributed by atoms with Crippen LogP contribution in [0.15, 0.2) is 65.7 Å². The van der Waals surface area contributed by atoms with Gasteiger partial charge in [0.25, 0.3) is 5.91 Å². The number of carbonyl (C=O) groups is 1. The highest BCUT2D eigenvalue weighted by molar-refractivity contribution is 7.89. The molecular formula is C26H27ClN4O3S2. The fourth-order valence-corrected chi connectivity index (χ4v) is 6.22. The van der Waals surface area contributed by atoms with E-state index in [1.54, 1.807) is 30.3 Å². The Morgan fingerprint density at radius 1 is 1.08 bits per heavy atom. The van der Waals surface area contributed by atoms with E-state index in [1.807, 2.05) is 44.2 Å². The monoisotopic (exact) mass is 542 g/mol. The highest BCUT2D eigenvalue weighted by Crippen LogP contribution is 2.36. The molecule has 0 unspecified atom stereocenters. The summed E-state index contributed by atoms with van der Waals surface area (Å²) < 4.78 is 27.9. The van der Waals surface area contributed by atoms with Gasteiger partial charge in [0.15, 0.2) is 5.13 Å². The number of benzene rings is 2. The second kappa shape index (κ2) is 11.0. The molecule has 0 bridgehead atoms. The topological polar surface area (TPSA) is 83.5 Å². The molecular weight excluding hydrogens is 516 g/mol. The summed E-state index contributed by atoms with van der Waals surface area (Å²) in [7, 11) is -2.06. The van der Waals surface area contributed by atoms with Crippen molar-refractivity contribution in [1.29, 1.82) is 0 Å². The molecule has 2 heterocycles. The first kappa shape index (κ1) is 26.2. The number of unbranched alkanes of at least 4 members (excludes halogenated alkanes) is 1. The summed E-state index contributed by atoms with van der Waals surface area (Å²) in [6, 6.07) is 15.3. The van der Waals surface area contributed by atoms with Crippen molar-refractivity contribution >= 4 is 54.2 Å². The van der Waals surface area contributed by atoms with Crippen molar-refractivity contribution in [1.82, 2.24) is 14.3 Å². The van der Waals surface area contributed by atoms with Crippen LogP contribution in [-0.2, 0) is 16.6 Å². The summed E-state index contributed by atoms with van der Waals surface area (Å²) in [6.45, 7) is 4.61. The second-order valence-corrected chi connectivity index (χ2v) is 11.9. The second-order valence-electron chi connectivity index (χ2n) is 8.46. The van der Waals surface area contributed by atoms with E-state index in [0.29, 0.717) is 28.0 Å². The molecule has 10 heteroatoms. The summed E-state index contributed by atoms with van der Waals surface area (Å²) in [5.74, 6) is -0.309. The molecule has 2 aromatic heterocycles. The lowest BCUT2D eigenvalue weighted by atomic mass is 10.2. The molecule has 4 aromatic rings. The van der Waals surface area contributed by atoms with Gasteiger partial charge < -0.3 is 0 Å². The number of anilines is 1. The van der Waals surface area contributed by atoms with Crippen LogP contribution in [-0.4, -0.2) is 42.2 Å². The molecule has 1 amide bonds. The molecule has 0 atom stereocenters. The molecule has 36 heavy (non-hydrogen) atoms. The lowest BCUT2D eigenvalue weighted by Crippen LogP contribution is -2.31. The minimum Gasteiger partial charge on any atom is -0.278 e. The molecule has 0 aliphatic carbocycles. The Labute approximate surface area is 220 Å². The van der Waals surface area contributed by atoms with Crippen LogP contribution in [0.2, 0.25) is 5.02 Å². The molecule has 0 aliphatic heterocycles. The molecule has 2 aromatic carbocycles. The third kappa shape index (κ3) is 5.44. The molecule has 0 saturated heterocycles. The van der Waals surface area contributed by atoms with Gasteiger partial charge in [-0.05, 0) is 61.4 Å². The third-order valence-corrected chi connectivity index (χ3v) is 9.25. The normalized spacial score (nSPS) is 11.8. The first-order valence-corrected chi connectivity index (χ1v) is 14.2. The summed E-state index contributed by atoms with van der Waals surface area (Å²) in [5.41, 5.74) is 2.76. The van der Waals surface area contributed by atoms with Crippen LogP contribution in [0, 0.1) is 6.92 Å². The number of carbonyl (C=O) groups excluding carboxylic acids is 1. The minimum atomic E-state index is -3.63. The number of aryl methyl sites for hydroxylation is 1. The van der Waals surface area contributed by atoms with E-state index >= 15 is 0 Å². The van der Waals surface area contributed by atoms with Gasteiger partial charge >= 0.3 is 0 Å². The number of thiazole rings is 1. The van der Waals surface area contributed by atoms with Crippen LogP contribution in [0.3, 0.4) is 0 Å². The molecule has 0 aliphatic rings. The zero-order valence-electron chi connectivity index (χ0n) is 20.3. The van der Waals surface area contributed by atoms with Gasteiger partial charge in [0.1, 0.15) is 0 Å². The van der Waals surface area contributed by atoms with Gasteiger partial charge in [-0.3, -0.25) is 14.7 Å². The van der Waals surface area contributed by atoms with E-state index in [0.717, 1.165) is 28.6 Å². The van der Waals surface area contributed by atoms with Crippen molar-refractivity contribution in [2.45, 2.75) is 38.1 Å². The number of fused-ring (bicyclic) bond motifs is 1. The molecule has 0 N–H and O–H groups in total. The standard InChI is InChI=1S/C26H27ClN4O3S2/c1-4-5-16-30(3)36(33,34)21-12-10-19(11-13-21)25(32)31(17-20-8-6-7-15-28-20)26-29-23-18(2)9-14-22(27)24(23)35-26/h6-15H,4-5,16-17H2,1-3H3. The largest absolute Gasteiger partial charge is 0.278 e. The molecule has 7 nitrogen and oxygen atoms in total. The Balaban J connectivity index is 1.69. The van der Waals surface area contributed by atoms with Crippen LogP contribution in [0.1, 0.15) is 41.4 Å². The average molecular weight is 543 g/mol. The highest BCUT2D eigenvalue weighted by atomic mass is 35.5. The molecule has 0 spiro atoms. The Kier molecular flexibility index (Phi) is 8.04. The van der Waals surface area contributed by atoms with Gasteiger partial charge in [0, 0.05) is 25.4 Å². The lowest BCUT2D eigenvalue weighted by molar-refractivity contribution is 0.0984. The van der Waals surface area contributed by atoms with E-state index in [1.165, 1.54) is 27.8 Å². The molecule has 0 fully saturated rings. The lowest BCUT2D eigenvalue weighted by Gasteiger charge is -2.20. The number of rotatable bonds is 9. The van der Waals surface area contributed by atoms with Gasteiger partial charge in [-0.1, -0.05) is 48.4 Å². The molecule has 4 rings (SSSR count). The summed E-state index contributed by atoms with van der Waals surface area (Å²) in [6.07, 6.45) is 3.35. The number of aromatic nitrogens is 2. The van der Waals surface area contributed by atoms with Crippen molar-refractivity contribution in [2.24, 2.45) is 0 Å². The fourth-order valence-electron chi connectivity index (χ4n) is 3.69. The number of nitrogens with zero attached hydrogens (tertiary/aromatic N) is 4. The predicted molar refractivity (Wildman–Crippen MR) is 145 cm³/mol. The highest BCUT2D eigenvalue weighted by Gasteiger charge is 2.25. The van der Waals surface area contributed by atoms with Gasteiger partial charge in [0.05, 0.1) is 32.4 Å². The summed E-state index contributed by atoms with van der Waals surface area (Å²) in [5, 5.41) is 1.07. The van der Waals surface area contributed by atoms with E-state index in [9.17, 15) is 13.2 Å². The van der Waals surface area contributed by atoms with Crippen LogP contribution in [0.5, 0.6) is 0 Å². The van der Waals surface area contributed by atoms with Crippen molar-refractivity contribution < 1.29 is 13.2 Å². The predicted octanol–water partition coefficient (Wildman–Crippen LogP) is 5.92. The summed E-state index contributed by atoms with van der Waals surface area (Å²) in [4.78, 5) is 24.5. The third-order valence-electron chi connectivity index (χ3n) is 5.84. The van der Waals surface area contributed by atoms with Gasteiger partial charge in [0.2, 0.25) is 10.0 Å². The first-order valence-electron chi connectivity index (χ1n) is 11.6. The Hall–Kier alpha value is -2.85. The maximum absolute atomic E-state index is 13.7. The molecule has 0 radical (unpaired) electrons. The number of sulfonamides is 1. The van der Waals surface area contributed by atoms with Crippen LogP contribution in [0.25, 0.3) is 10.2 Å². The van der Waals surface area contributed by atoms with E-state index in [4.69, 9.17) is 16.6 Å². The maximum atomic E-state index is 13.7. The van der Waals surface area contributed by atoms with Crippen molar-refractivity contribution in [2.75, 3.05) is 18.5 Å². The van der Waals surface area contributed by atoms with Crippen LogP contribution in [0.4, 0.5) is 5.13 Å². The van der Waals surface area contributed by atoms with Crippen molar-refractivity contribution in [3.63, 3.8) is 0 Å². The van der Waals surface area contributed by atoms with Gasteiger partial charge in [-0.15, -0.1) is 0 Å².